The average Bonchev–Trinajstić information content (AvgIpc) is 3.15. The molecule has 8 heteroatoms. The van der Waals surface area contributed by atoms with E-state index < -0.39 is 0 Å². The Morgan fingerprint density at radius 3 is 2.70 bits per heavy atom. The highest BCUT2D eigenvalue weighted by molar-refractivity contribution is 8.01. The molecule has 0 aliphatic heterocycles. The van der Waals surface area contributed by atoms with Crippen LogP contribution in [0, 0.1) is 13.8 Å². The molecule has 0 bridgehead atoms. The molecule has 3 rings (SSSR count). The van der Waals surface area contributed by atoms with Gasteiger partial charge in [0.05, 0.1) is 11.4 Å². The second-order valence-corrected chi connectivity index (χ2v) is 8.09. The lowest BCUT2D eigenvalue weighted by Gasteiger charge is -1.99. The summed E-state index contributed by atoms with van der Waals surface area (Å²) >= 11 is 4.34. The zero-order valence-corrected chi connectivity index (χ0v) is 15.0. The third-order valence-corrected chi connectivity index (χ3v) is 5.70. The van der Waals surface area contributed by atoms with Crippen molar-refractivity contribution in [2.24, 2.45) is 0 Å². The summed E-state index contributed by atoms with van der Waals surface area (Å²) in [7, 11) is 0. The topological polar surface area (TPSA) is 67.8 Å². The lowest BCUT2D eigenvalue weighted by molar-refractivity contribution is -0.113. The van der Waals surface area contributed by atoms with Gasteiger partial charge in [-0.05, 0) is 13.8 Å². The van der Waals surface area contributed by atoms with E-state index in [1.807, 2.05) is 12.3 Å². The number of nitrogens with zero attached hydrogens (tertiary/aromatic N) is 3. The highest BCUT2D eigenvalue weighted by atomic mass is 32.2. The lowest BCUT2D eigenvalue weighted by atomic mass is 10.1. The van der Waals surface area contributed by atoms with Crippen LogP contribution >= 0.6 is 34.4 Å². The number of thioether (sulfide) groups is 1. The zero-order chi connectivity index (χ0) is 16.2. The maximum Gasteiger partial charge on any atom is 0.236 e. The van der Waals surface area contributed by atoms with Crippen LogP contribution in [0.4, 0.5) is 5.13 Å². The van der Waals surface area contributed by atoms with Crippen molar-refractivity contribution in [1.82, 2.24) is 15.2 Å². The fraction of sp³-hybridized carbons (Fsp3) is 0.200. The van der Waals surface area contributed by atoms with Crippen molar-refractivity contribution in [2.45, 2.75) is 18.2 Å². The van der Waals surface area contributed by atoms with Crippen LogP contribution < -0.4 is 5.32 Å². The van der Waals surface area contributed by atoms with E-state index in [4.69, 9.17) is 0 Å². The zero-order valence-electron chi connectivity index (χ0n) is 12.6. The number of rotatable bonds is 5. The van der Waals surface area contributed by atoms with Gasteiger partial charge in [-0.2, -0.15) is 0 Å². The van der Waals surface area contributed by atoms with Crippen molar-refractivity contribution in [3.63, 3.8) is 0 Å². The molecule has 1 aromatic carbocycles. The predicted molar refractivity (Wildman–Crippen MR) is 96.3 cm³/mol. The number of thiazole rings is 1. The van der Waals surface area contributed by atoms with Crippen molar-refractivity contribution < 1.29 is 4.79 Å². The van der Waals surface area contributed by atoms with Crippen molar-refractivity contribution in [1.29, 1.82) is 0 Å². The second-order valence-electron chi connectivity index (χ2n) is 4.83. The SMILES string of the molecule is Cc1ccc(-c2csc(SCC(=O)Nc3nnc(C)s3)n2)cc1. The molecule has 0 aliphatic rings. The summed E-state index contributed by atoms with van der Waals surface area (Å²) in [6.45, 7) is 3.91. The summed E-state index contributed by atoms with van der Waals surface area (Å²) in [6, 6.07) is 8.25. The number of aryl methyl sites for hydroxylation is 2. The number of benzene rings is 1. The van der Waals surface area contributed by atoms with Crippen LogP contribution in [0.3, 0.4) is 0 Å². The van der Waals surface area contributed by atoms with Gasteiger partial charge in [0.2, 0.25) is 11.0 Å². The van der Waals surface area contributed by atoms with E-state index in [1.54, 1.807) is 11.3 Å². The molecule has 0 fully saturated rings. The van der Waals surface area contributed by atoms with Crippen LogP contribution in [-0.4, -0.2) is 26.8 Å². The minimum absolute atomic E-state index is 0.0989. The lowest BCUT2D eigenvalue weighted by Crippen LogP contribution is -2.13. The summed E-state index contributed by atoms with van der Waals surface area (Å²) in [5.74, 6) is 0.206. The van der Waals surface area contributed by atoms with E-state index in [0.29, 0.717) is 10.9 Å². The minimum Gasteiger partial charge on any atom is -0.300 e. The van der Waals surface area contributed by atoms with Gasteiger partial charge >= 0.3 is 0 Å². The maximum atomic E-state index is 11.9. The van der Waals surface area contributed by atoms with Crippen LogP contribution in [0.1, 0.15) is 10.6 Å². The minimum atomic E-state index is -0.0989. The van der Waals surface area contributed by atoms with Gasteiger partial charge in [-0.25, -0.2) is 4.98 Å². The Hall–Kier alpha value is -1.77. The van der Waals surface area contributed by atoms with Gasteiger partial charge in [0.1, 0.15) is 5.01 Å². The smallest absolute Gasteiger partial charge is 0.236 e. The molecule has 118 valence electrons. The number of amides is 1. The molecule has 2 aromatic heterocycles. The number of anilines is 1. The van der Waals surface area contributed by atoms with Crippen molar-refractivity contribution >= 4 is 45.5 Å². The summed E-state index contributed by atoms with van der Waals surface area (Å²) < 4.78 is 0.879. The Morgan fingerprint density at radius 2 is 2.00 bits per heavy atom. The van der Waals surface area contributed by atoms with Crippen LogP contribution in [0.25, 0.3) is 11.3 Å². The molecule has 3 aromatic rings. The Kier molecular flexibility index (Phi) is 5.04. The number of aromatic nitrogens is 3. The standard InChI is InChI=1S/C15H14N4OS3/c1-9-3-5-11(6-4-9)12-7-21-15(16-12)22-8-13(20)17-14-19-18-10(2)23-14/h3-7H,8H2,1-2H3,(H,17,19,20). The monoisotopic (exact) mass is 362 g/mol. The molecular formula is C15H14N4OS3. The molecule has 23 heavy (non-hydrogen) atoms. The van der Waals surface area contributed by atoms with Crippen LogP contribution in [0.15, 0.2) is 34.0 Å². The van der Waals surface area contributed by atoms with Crippen molar-refractivity contribution in [3.05, 3.63) is 40.2 Å². The number of carbonyl (C=O) groups is 1. The molecule has 0 aliphatic carbocycles. The number of hydrogen-bond acceptors (Lipinski definition) is 7. The quantitative estimate of drug-likeness (QED) is 0.695. The van der Waals surface area contributed by atoms with Gasteiger partial charge in [-0.1, -0.05) is 52.9 Å². The van der Waals surface area contributed by atoms with E-state index in [2.05, 4.69) is 51.7 Å². The third-order valence-electron chi connectivity index (χ3n) is 2.93. The van der Waals surface area contributed by atoms with Gasteiger partial charge in [-0.3, -0.25) is 10.1 Å². The maximum absolute atomic E-state index is 11.9. The molecule has 0 atom stereocenters. The number of nitrogens with one attached hydrogen (secondary N) is 1. The number of hydrogen-bond donors (Lipinski definition) is 1. The molecular weight excluding hydrogens is 348 g/mol. The van der Waals surface area contributed by atoms with Gasteiger partial charge in [-0.15, -0.1) is 21.5 Å². The summed E-state index contributed by atoms with van der Waals surface area (Å²) in [5, 5.41) is 13.9. The first-order valence-corrected chi connectivity index (χ1v) is 9.53. The van der Waals surface area contributed by atoms with Crippen molar-refractivity contribution in [3.8, 4) is 11.3 Å². The normalized spacial score (nSPS) is 10.7. The van der Waals surface area contributed by atoms with E-state index in [0.717, 1.165) is 20.6 Å². The van der Waals surface area contributed by atoms with E-state index >= 15 is 0 Å². The van der Waals surface area contributed by atoms with E-state index in [9.17, 15) is 4.79 Å². The van der Waals surface area contributed by atoms with Gasteiger partial charge in [0.25, 0.3) is 0 Å². The largest absolute Gasteiger partial charge is 0.300 e. The first-order chi connectivity index (χ1) is 11.1. The Balaban J connectivity index is 1.56. The summed E-state index contributed by atoms with van der Waals surface area (Å²) in [6.07, 6.45) is 0. The highest BCUT2D eigenvalue weighted by Gasteiger charge is 2.10. The van der Waals surface area contributed by atoms with Crippen molar-refractivity contribution in [2.75, 3.05) is 11.1 Å². The molecule has 0 radical (unpaired) electrons. The Morgan fingerprint density at radius 1 is 1.22 bits per heavy atom. The number of carbonyl (C=O) groups excluding carboxylic acids is 1. The molecule has 0 saturated heterocycles. The molecule has 0 spiro atoms. The third kappa shape index (κ3) is 4.37. The molecule has 5 nitrogen and oxygen atoms in total. The Labute approximate surface area is 146 Å². The first-order valence-electron chi connectivity index (χ1n) is 6.85. The summed E-state index contributed by atoms with van der Waals surface area (Å²) in [5.41, 5.74) is 3.26. The molecule has 1 amide bonds. The van der Waals surface area contributed by atoms with Crippen LogP contribution in [0.5, 0.6) is 0 Å². The fourth-order valence-corrected chi connectivity index (χ4v) is 4.05. The molecule has 0 saturated carbocycles. The van der Waals surface area contributed by atoms with Gasteiger partial charge < -0.3 is 0 Å². The highest BCUT2D eigenvalue weighted by Crippen LogP contribution is 2.28. The molecule has 0 unspecified atom stereocenters. The molecule has 2 heterocycles. The average molecular weight is 363 g/mol. The van der Waals surface area contributed by atoms with Gasteiger partial charge in [0, 0.05) is 10.9 Å². The van der Waals surface area contributed by atoms with E-state index in [-0.39, 0.29) is 5.91 Å². The van der Waals surface area contributed by atoms with Gasteiger partial charge in [0.15, 0.2) is 4.34 Å². The first kappa shape index (κ1) is 16.1. The predicted octanol–water partition coefficient (Wildman–Crippen LogP) is 4.01. The van der Waals surface area contributed by atoms with E-state index in [1.165, 1.54) is 28.7 Å². The Bertz CT molecular complexity index is 810. The summed E-state index contributed by atoms with van der Waals surface area (Å²) in [4.78, 5) is 16.5. The van der Waals surface area contributed by atoms with Crippen LogP contribution in [-0.2, 0) is 4.79 Å². The second kappa shape index (κ2) is 7.20. The fourth-order valence-electron chi connectivity index (χ4n) is 1.81. The molecule has 1 N–H and O–H groups in total. The van der Waals surface area contributed by atoms with Crippen LogP contribution in [0.2, 0.25) is 0 Å².